The third kappa shape index (κ3) is 8.95. The van der Waals surface area contributed by atoms with Gasteiger partial charge in [-0.3, -0.25) is 4.98 Å². The van der Waals surface area contributed by atoms with E-state index in [4.69, 9.17) is 0 Å². The molecule has 1 rings (SSSR count). The highest BCUT2D eigenvalue weighted by atomic mass is 15.0. The highest BCUT2D eigenvalue weighted by Crippen LogP contribution is 2.18. The number of aromatic nitrogens is 2. The molecule has 2 nitrogen and oxygen atoms in total. The Labute approximate surface area is 132 Å². The van der Waals surface area contributed by atoms with Gasteiger partial charge in [0.05, 0.1) is 0 Å². The standard InChI is InChI=1S/C19H36N2/c1-3-5-7-9-10-11-13-15-19(14-12-8-6-4-2)21-17-16-20-18-21/h16-19H,3-15H2,1-2H3/p+1. The average molecular weight is 294 g/mol. The van der Waals surface area contributed by atoms with Crippen molar-refractivity contribution in [3.05, 3.63) is 18.7 Å². The number of aromatic amines is 1. The van der Waals surface area contributed by atoms with Crippen LogP contribution in [0.3, 0.4) is 0 Å². The fraction of sp³-hybridized carbons (Fsp3) is 0.842. The molecule has 0 aliphatic rings. The van der Waals surface area contributed by atoms with Crippen LogP contribution in [0.25, 0.3) is 0 Å². The molecule has 1 heterocycles. The lowest BCUT2D eigenvalue weighted by Gasteiger charge is -2.13. The molecule has 1 aromatic rings. The van der Waals surface area contributed by atoms with Gasteiger partial charge in [0.1, 0.15) is 18.4 Å². The van der Waals surface area contributed by atoms with Gasteiger partial charge >= 0.3 is 0 Å². The van der Waals surface area contributed by atoms with E-state index < -0.39 is 0 Å². The largest absolute Gasteiger partial charge is 0.250 e. The highest BCUT2D eigenvalue weighted by Gasteiger charge is 2.14. The second-order valence-electron chi connectivity index (χ2n) is 6.47. The van der Waals surface area contributed by atoms with Crippen LogP contribution in [0.1, 0.15) is 103 Å². The summed E-state index contributed by atoms with van der Waals surface area (Å²) in [7, 11) is 0. The lowest BCUT2D eigenvalue weighted by molar-refractivity contribution is -0.723. The molecule has 0 radical (unpaired) electrons. The molecule has 0 amide bonds. The molecule has 0 fully saturated rings. The molecule has 1 unspecified atom stereocenters. The first-order valence-electron chi connectivity index (χ1n) is 9.42. The summed E-state index contributed by atoms with van der Waals surface area (Å²) in [5.74, 6) is 0. The van der Waals surface area contributed by atoms with Crippen molar-refractivity contribution in [1.82, 2.24) is 4.98 Å². The van der Waals surface area contributed by atoms with Gasteiger partial charge < -0.3 is 0 Å². The van der Waals surface area contributed by atoms with E-state index in [-0.39, 0.29) is 0 Å². The van der Waals surface area contributed by atoms with Crippen LogP contribution in [0.4, 0.5) is 0 Å². The summed E-state index contributed by atoms with van der Waals surface area (Å²) in [5, 5.41) is 0. The van der Waals surface area contributed by atoms with Crippen molar-refractivity contribution in [1.29, 1.82) is 0 Å². The summed E-state index contributed by atoms with van der Waals surface area (Å²) in [6.45, 7) is 4.58. The number of hydrogen-bond donors (Lipinski definition) is 1. The molecular formula is C19H37N2+. The fourth-order valence-corrected chi connectivity index (χ4v) is 3.11. The number of nitrogens with zero attached hydrogens (tertiary/aromatic N) is 1. The van der Waals surface area contributed by atoms with E-state index in [0.29, 0.717) is 6.04 Å². The number of H-pyrrole nitrogens is 1. The van der Waals surface area contributed by atoms with Crippen LogP contribution in [0, 0.1) is 0 Å². The van der Waals surface area contributed by atoms with Crippen molar-refractivity contribution in [2.24, 2.45) is 0 Å². The Hall–Kier alpha value is -0.790. The summed E-state index contributed by atoms with van der Waals surface area (Å²) in [6, 6.07) is 0.712. The van der Waals surface area contributed by atoms with Gasteiger partial charge in [-0.05, 0) is 25.7 Å². The third-order valence-corrected chi connectivity index (χ3v) is 4.52. The van der Waals surface area contributed by atoms with Crippen molar-refractivity contribution in [3.8, 4) is 0 Å². The molecule has 0 aromatic carbocycles. The van der Waals surface area contributed by atoms with E-state index in [1.54, 1.807) is 0 Å². The van der Waals surface area contributed by atoms with Crippen LogP contribution < -0.4 is 4.57 Å². The lowest BCUT2D eigenvalue weighted by atomic mass is 10.0. The van der Waals surface area contributed by atoms with Crippen molar-refractivity contribution in [2.75, 3.05) is 0 Å². The molecule has 1 aromatic heterocycles. The van der Waals surface area contributed by atoms with Gasteiger partial charge in [0.25, 0.3) is 0 Å². The van der Waals surface area contributed by atoms with Gasteiger partial charge in [0, 0.05) is 0 Å². The zero-order valence-electron chi connectivity index (χ0n) is 14.4. The fourth-order valence-electron chi connectivity index (χ4n) is 3.11. The van der Waals surface area contributed by atoms with E-state index in [1.807, 2.05) is 6.20 Å². The zero-order valence-corrected chi connectivity index (χ0v) is 14.4. The number of rotatable bonds is 14. The smallest absolute Gasteiger partial charge is 0.241 e. The number of nitrogens with one attached hydrogen (secondary N) is 1. The Bertz CT molecular complexity index is 305. The van der Waals surface area contributed by atoms with Crippen LogP contribution in [-0.4, -0.2) is 4.98 Å². The molecule has 0 bridgehead atoms. The molecule has 1 N–H and O–H groups in total. The van der Waals surface area contributed by atoms with Crippen LogP contribution in [0.2, 0.25) is 0 Å². The second kappa shape index (κ2) is 12.9. The molecule has 2 heteroatoms. The Morgan fingerprint density at radius 1 is 0.762 bits per heavy atom. The minimum absolute atomic E-state index is 0.712. The first-order valence-corrected chi connectivity index (χ1v) is 9.42. The molecule has 0 aliphatic heterocycles. The third-order valence-electron chi connectivity index (χ3n) is 4.52. The van der Waals surface area contributed by atoms with E-state index in [2.05, 4.69) is 35.9 Å². The predicted molar refractivity (Wildman–Crippen MR) is 91.4 cm³/mol. The summed E-state index contributed by atoms with van der Waals surface area (Å²) >= 11 is 0. The van der Waals surface area contributed by atoms with Gasteiger partial charge in [-0.15, -0.1) is 0 Å². The number of imidazole rings is 1. The van der Waals surface area contributed by atoms with Crippen LogP contribution >= 0.6 is 0 Å². The van der Waals surface area contributed by atoms with Gasteiger partial charge in [0.2, 0.25) is 6.33 Å². The molecule has 0 saturated carbocycles. The maximum Gasteiger partial charge on any atom is 0.241 e. The minimum atomic E-state index is 0.712. The van der Waals surface area contributed by atoms with E-state index >= 15 is 0 Å². The van der Waals surface area contributed by atoms with Crippen molar-refractivity contribution in [2.45, 2.75) is 103 Å². The molecule has 0 saturated heterocycles. The Balaban J connectivity index is 2.17. The van der Waals surface area contributed by atoms with Gasteiger partial charge in [-0.25, -0.2) is 4.57 Å². The maximum atomic E-state index is 3.20. The van der Waals surface area contributed by atoms with Crippen molar-refractivity contribution < 1.29 is 4.57 Å². The second-order valence-corrected chi connectivity index (χ2v) is 6.47. The normalized spacial score (nSPS) is 12.7. The molecule has 122 valence electrons. The quantitative estimate of drug-likeness (QED) is 0.323. The average Bonchev–Trinajstić information content (AvgIpc) is 3.02. The summed E-state index contributed by atoms with van der Waals surface area (Å²) in [4.78, 5) is 3.20. The summed E-state index contributed by atoms with van der Waals surface area (Å²) < 4.78 is 2.39. The maximum absolute atomic E-state index is 3.20. The van der Waals surface area contributed by atoms with Gasteiger partial charge in [-0.2, -0.15) is 0 Å². The van der Waals surface area contributed by atoms with Gasteiger partial charge in [-0.1, -0.05) is 71.6 Å². The molecule has 0 spiro atoms. The first-order chi connectivity index (χ1) is 10.4. The predicted octanol–water partition coefficient (Wildman–Crippen LogP) is 5.95. The topological polar surface area (TPSA) is 19.7 Å². The molecular weight excluding hydrogens is 256 g/mol. The van der Waals surface area contributed by atoms with Crippen LogP contribution in [0.5, 0.6) is 0 Å². The highest BCUT2D eigenvalue weighted by molar-refractivity contribution is 4.61. The van der Waals surface area contributed by atoms with Crippen LogP contribution in [-0.2, 0) is 0 Å². The van der Waals surface area contributed by atoms with Crippen molar-refractivity contribution in [3.63, 3.8) is 0 Å². The van der Waals surface area contributed by atoms with Gasteiger partial charge in [0.15, 0.2) is 0 Å². The minimum Gasteiger partial charge on any atom is -0.250 e. The monoisotopic (exact) mass is 293 g/mol. The molecule has 1 atom stereocenters. The zero-order chi connectivity index (χ0) is 15.2. The van der Waals surface area contributed by atoms with Crippen LogP contribution in [0.15, 0.2) is 18.7 Å². The van der Waals surface area contributed by atoms with E-state index in [9.17, 15) is 0 Å². The number of hydrogen-bond acceptors (Lipinski definition) is 0. The Kier molecular flexibility index (Phi) is 11.2. The van der Waals surface area contributed by atoms with Crippen molar-refractivity contribution >= 4 is 0 Å². The van der Waals surface area contributed by atoms with E-state index in [1.165, 1.54) is 83.5 Å². The first kappa shape index (κ1) is 18.3. The lowest BCUT2D eigenvalue weighted by Crippen LogP contribution is -2.37. The Morgan fingerprint density at radius 3 is 1.81 bits per heavy atom. The molecule has 21 heavy (non-hydrogen) atoms. The molecule has 0 aliphatic carbocycles. The summed E-state index contributed by atoms with van der Waals surface area (Å²) in [6.07, 6.45) is 24.5. The summed E-state index contributed by atoms with van der Waals surface area (Å²) in [5.41, 5.74) is 0. The number of unbranched alkanes of at least 4 members (excludes halogenated alkanes) is 9. The Morgan fingerprint density at radius 2 is 1.29 bits per heavy atom. The van der Waals surface area contributed by atoms with E-state index in [0.717, 1.165) is 0 Å². The SMILES string of the molecule is CCCCCCCCCC(CCCCCC)[n+]1cc[nH]c1.